The van der Waals surface area contributed by atoms with Gasteiger partial charge in [-0.15, -0.1) is 24.0 Å². The van der Waals surface area contributed by atoms with Gasteiger partial charge in [0.1, 0.15) is 5.76 Å². The van der Waals surface area contributed by atoms with E-state index < -0.39 is 0 Å². The van der Waals surface area contributed by atoms with Crippen LogP contribution in [0.4, 0.5) is 0 Å². The van der Waals surface area contributed by atoms with E-state index in [1.165, 1.54) is 31.2 Å². The van der Waals surface area contributed by atoms with Crippen molar-refractivity contribution in [3.63, 3.8) is 0 Å². The Morgan fingerprint density at radius 3 is 2.71 bits per heavy atom. The topological polar surface area (TPSA) is 67.4 Å². The molecule has 1 saturated carbocycles. The van der Waals surface area contributed by atoms with Crippen molar-refractivity contribution in [2.45, 2.75) is 57.7 Å². The Bertz CT molecular complexity index is 917. The SMILES string of the molecule is CC(NC(=NCc1ccn(C2CCCC2)n1)NCCc1ccco1)c1ccccc1.I. The average Bonchev–Trinajstić information content (AvgIpc) is 3.55. The first-order valence-corrected chi connectivity index (χ1v) is 10.9. The molecule has 1 fully saturated rings. The summed E-state index contributed by atoms with van der Waals surface area (Å²) in [5.41, 5.74) is 2.23. The average molecular weight is 533 g/mol. The molecule has 2 heterocycles. The number of rotatable bonds is 8. The second-order valence-corrected chi connectivity index (χ2v) is 7.92. The maximum atomic E-state index is 5.43. The van der Waals surface area contributed by atoms with Gasteiger partial charge in [0.15, 0.2) is 5.96 Å². The summed E-state index contributed by atoms with van der Waals surface area (Å²) in [6, 6.07) is 17.1. The minimum atomic E-state index is 0. The molecule has 0 amide bonds. The van der Waals surface area contributed by atoms with Crippen molar-refractivity contribution in [1.29, 1.82) is 0 Å². The smallest absolute Gasteiger partial charge is 0.192 e. The normalized spacial score (nSPS) is 15.5. The molecule has 166 valence electrons. The molecule has 3 aromatic rings. The van der Waals surface area contributed by atoms with E-state index in [-0.39, 0.29) is 30.0 Å². The molecule has 0 bridgehead atoms. The molecular formula is C24H32IN5O. The highest BCUT2D eigenvalue weighted by Gasteiger charge is 2.17. The van der Waals surface area contributed by atoms with Crippen LogP contribution in [-0.2, 0) is 13.0 Å². The Kier molecular flexibility index (Phi) is 8.99. The maximum absolute atomic E-state index is 5.43. The number of benzene rings is 1. The number of aliphatic imine (C=N–C) groups is 1. The Morgan fingerprint density at radius 2 is 1.97 bits per heavy atom. The van der Waals surface area contributed by atoms with Gasteiger partial charge in [-0.1, -0.05) is 43.2 Å². The molecular weight excluding hydrogens is 501 g/mol. The number of furan rings is 1. The van der Waals surface area contributed by atoms with Crippen LogP contribution in [0.25, 0.3) is 0 Å². The fourth-order valence-electron chi connectivity index (χ4n) is 3.94. The number of guanidine groups is 1. The zero-order chi connectivity index (χ0) is 20.6. The summed E-state index contributed by atoms with van der Waals surface area (Å²) in [6.45, 7) is 3.45. The van der Waals surface area contributed by atoms with Crippen LogP contribution in [0.1, 0.15) is 61.7 Å². The number of hydrogen-bond donors (Lipinski definition) is 2. The Labute approximate surface area is 201 Å². The highest BCUT2D eigenvalue weighted by atomic mass is 127. The lowest BCUT2D eigenvalue weighted by atomic mass is 10.1. The number of nitrogens with zero attached hydrogens (tertiary/aromatic N) is 3. The molecule has 0 saturated heterocycles. The summed E-state index contributed by atoms with van der Waals surface area (Å²) < 4.78 is 7.56. The van der Waals surface area contributed by atoms with Crippen LogP contribution in [0.2, 0.25) is 0 Å². The molecule has 1 aromatic carbocycles. The largest absolute Gasteiger partial charge is 0.469 e. The first-order valence-electron chi connectivity index (χ1n) is 10.9. The Morgan fingerprint density at radius 1 is 1.16 bits per heavy atom. The molecule has 1 aliphatic rings. The van der Waals surface area contributed by atoms with Crippen molar-refractivity contribution in [2.24, 2.45) is 4.99 Å². The fourth-order valence-corrected chi connectivity index (χ4v) is 3.94. The van der Waals surface area contributed by atoms with Crippen molar-refractivity contribution in [3.8, 4) is 0 Å². The van der Waals surface area contributed by atoms with Crippen molar-refractivity contribution < 1.29 is 4.42 Å². The van der Waals surface area contributed by atoms with E-state index in [1.54, 1.807) is 6.26 Å². The molecule has 0 spiro atoms. The molecule has 1 unspecified atom stereocenters. The third-order valence-corrected chi connectivity index (χ3v) is 5.66. The van der Waals surface area contributed by atoms with E-state index in [0.717, 1.165) is 30.4 Å². The van der Waals surface area contributed by atoms with Gasteiger partial charge in [-0.3, -0.25) is 4.68 Å². The van der Waals surface area contributed by atoms with Gasteiger partial charge in [-0.05, 0) is 43.5 Å². The zero-order valence-corrected chi connectivity index (χ0v) is 20.4. The predicted octanol–water partition coefficient (Wildman–Crippen LogP) is 5.25. The van der Waals surface area contributed by atoms with Crippen LogP contribution in [0.15, 0.2) is 70.4 Å². The van der Waals surface area contributed by atoms with Crippen LogP contribution in [0, 0.1) is 0 Å². The molecule has 1 aliphatic carbocycles. The molecule has 4 rings (SSSR count). The van der Waals surface area contributed by atoms with Crippen molar-refractivity contribution in [2.75, 3.05) is 6.54 Å². The molecule has 1 atom stereocenters. The van der Waals surface area contributed by atoms with Crippen LogP contribution in [0.5, 0.6) is 0 Å². The van der Waals surface area contributed by atoms with Gasteiger partial charge in [-0.2, -0.15) is 5.10 Å². The van der Waals surface area contributed by atoms with Crippen molar-refractivity contribution in [1.82, 2.24) is 20.4 Å². The summed E-state index contributed by atoms with van der Waals surface area (Å²) in [5, 5.41) is 11.7. The summed E-state index contributed by atoms with van der Waals surface area (Å²) in [6.07, 6.45) is 9.71. The van der Waals surface area contributed by atoms with E-state index in [1.807, 2.05) is 18.2 Å². The number of hydrogen-bond acceptors (Lipinski definition) is 3. The number of aromatic nitrogens is 2. The molecule has 0 radical (unpaired) electrons. The molecule has 2 aromatic heterocycles. The van der Waals surface area contributed by atoms with Gasteiger partial charge in [0.2, 0.25) is 0 Å². The standard InChI is InChI=1S/C24H31N5O.HI/c1-19(20-8-3-2-4-9-20)27-24(25-15-13-23-12-7-17-30-23)26-18-21-14-16-29(28-21)22-10-5-6-11-22;/h2-4,7-9,12,14,16-17,19,22H,5-6,10-11,13,15,18H2,1H3,(H2,25,26,27);1H. The summed E-state index contributed by atoms with van der Waals surface area (Å²) >= 11 is 0. The van der Waals surface area contributed by atoms with Crippen LogP contribution < -0.4 is 10.6 Å². The first-order chi connectivity index (χ1) is 14.8. The maximum Gasteiger partial charge on any atom is 0.192 e. The Hall–Kier alpha value is -2.29. The van der Waals surface area contributed by atoms with Gasteiger partial charge in [-0.25, -0.2) is 4.99 Å². The van der Waals surface area contributed by atoms with Crippen molar-refractivity contribution in [3.05, 3.63) is 78.0 Å². The van der Waals surface area contributed by atoms with E-state index >= 15 is 0 Å². The minimum Gasteiger partial charge on any atom is -0.469 e. The lowest BCUT2D eigenvalue weighted by Gasteiger charge is -2.18. The molecule has 6 nitrogen and oxygen atoms in total. The predicted molar refractivity (Wildman–Crippen MR) is 135 cm³/mol. The van der Waals surface area contributed by atoms with Crippen LogP contribution in [-0.4, -0.2) is 22.3 Å². The zero-order valence-electron chi connectivity index (χ0n) is 18.0. The quantitative estimate of drug-likeness (QED) is 0.236. The first kappa shape index (κ1) is 23.4. The third kappa shape index (κ3) is 6.85. The molecule has 31 heavy (non-hydrogen) atoms. The van der Waals surface area contributed by atoms with E-state index in [2.05, 4.69) is 58.8 Å². The van der Waals surface area contributed by atoms with Gasteiger partial charge in [0.05, 0.1) is 30.6 Å². The van der Waals surface area contributed by atoms with Gasteiger partial charge >= 0.3 is 0 Å². The highest BCUT2D eigenvalue weighted by Crippen LogP contribution is 2.28. The summed E-state index contributed by atoms with van der Waals surface area (Å²) in [5.74, 6) is 1.75. The lowest BCUT2D eigenvalue weighted by Crippen LogP contribution is -2.39. The monoisotopic (exact) mass is 533 g/mol. The van der Waals surface area contributed by atoms with E-state index in [9.17, 15) is 0 Å². The van der Waals surface area contributed by atoms with Gasteiger partial charge in [0.25, 0.3) is 0 Å². The minimum absolute atomic E-state index is 0. The number of nitrogens with one attached hydrogen (secondary N) is 2. The second-order valence-electron chi connectivity index (χ2n) is 7.92. The van der Waals surface area contributed by atoms with E-state index in [4.69, 9.17) is 14.5 Å². The van der Waals surface area contributed by atoms with Crippen LogP contribution in [0.3, 0.4) is 0 Å². The summed E-state index contributed by atoms with van der Waals surface area (Å²) in [7, 11) is 0. The van der Waals surface area contributed by atoms with Crippen molar-refractivity contribution >= 4 is 29.9 Å². The summed E-state index contributed by atoms with van der Waals surface area (Å²) in [4.78, 5) is 4.81. The van der Waals surface area contributed by atoms with Gasteiger partial charge < -0.3 is 15.1 Å². The fraction of sp³-hybridized carbons (Fsp3) is 0.417. The second kappa shape index (κ2) is 11.9. The lowest BCUT2D eigenvalue weighted by molar-refractivity contribution is 0.463. The highest BCUT2D eigenvalue weighted by molar-refractivity contribution is 14.0. The van der Waals surface area contributed by atoms with Crippen LogP contribution >= 0.6 is 24.0 Å². The molecule has 2 N–H and O–H groups in total. The third-order valence-electron chi connectivity index (χ3n) is 5.66. The van der Waals surface area contributed by atoms with E-state index in [0.29, 0.717) is 12.6 Å². The molecule has 0 aliphatic heterocycles. The number of halogens is 1. The van der Waals surface area contributed by atoms with Gasteiger partial charge in [0, 0.05) is 19.2 Å². The molecule has 7 heteroatoms. The Balaban J connectivity index is 0.00000272.